The van der Waals surface area contributed by atoms with E-state index < -0.39 is 5.97 Å². The molecule has 0 aromatic heterocycles. The lowest BCUT2D eigenvalue weighted by Crippen LogP contribution is -2.46. The Labute approximate surface area is 100 Å². The Morgan fingerprint density at radius 3 is 2.81 bits per heavy atom. The van der Waals surface area contributed by atoms with Gasteiger partial charge in [-0.15, -0.1) is 0 Å². The number of hydrogen-bond acceptors (Lipinski definition) is 4. The summed E-state index contributed by atoms with van der Waals surface area (Å²) in [6, 6.07) is 0.557. The number of ether oxygens (including phenoxy) is 1. The number of rotatable bonds is 3. The van der Waals surface area contributed by atoms with Crippen LogP contribution >= 0.6 is 11.8 Å². The first-order chi connectivity index (χ1) is 7.59. The summed E-state index contributed by atoms with van der Waals surface area (Å²) in [6.45, 7) is 3.15. The summed E-state index contributed by atoms with van der Waals surface area (Å²) in [5.74, 6) is 0.0273. The zero-order valence-electron chi connectivity index (χ0n) is 9.76. The highest BCUT2D eigenvalue weighted by molar-refractivity contribution is 8.00. The fourth-order valence-corrected chi connectivity index (χ4v) is 3.81. The normalized spacial score (nSPS) is 39.4. The summed E-state index contributed by atoms with van der Waals surface area (Å²) in [4.78, 5) is 13.3. The van der Waals surface area contributed by atoms with E-state index in [1.165, 1.54) is 0 Å². The number of thioether (sulfide) groups is 1. The number of hydrogen-bond donors (Lipinski definition) is 1. The molecule has 0 aromatic rings. The van der Waals surface area contributed by atoms with Crippen LogP contribution in [0.1, 0.15) is 13.3 Å². The molecule has 0 bridgehead atoms. The summed E-state index contributed by atoms with van der Waals surface area (Å²) in [6.07, 6.45) is 1.16. The first kappa shape index (κ1) is 12.2. The van der Waals surface area contributed by atoms with Crippen molar-refractivity contribution in [2.45, 2.75) is 30.7 Å². The maximum Gasteiger partial charge on any atom is 0.310 e. The van der Waals surface area contributed by atoms with Gasteiger partial charge >= 0.3 is 5.97 Å². The minimum atomic E-state index is -0.729. The van der Waals surface area contributed by atoms with Crippen molar-refractivity contribution in [3.63, 3.8) is 0 Å². The number of likely N-dealkylation sites (N-methyl/N-ethyl adjacent to an activating group) is 1. The number of aliphatic carboxylic acids is 1. The molecule has 0 saturated carbocycles. The van der Waals surface area contributed by atoms with Crippen LogP contribution in [0.3, 0.4) is 0 Å². The van der Waals surface area contributed by atoms with Gasteiger partial charge in [0.25, 0.3) is 0 Å². The maximum atomic E-state index is 11.1. The van der Waals surface area contributed by atoms with Gasteiger partial charge in [-0.1, -0.05) is 6.92 Å². The molecular weight excluding hydrogens is 226 g/mol. The van der Waals surface area contributed by atoms with E-state index in [2.05, 4.69) is 11.8 Å². The molecule has 2 rings (SSSR count). The maximum absolute atomic E-state index is 11.1. The molecule has 0 aliphatic carbocycles. The molecule has 5 heteroatoms. The fourth-order valence-electron chi connectivity index (χ4n) is 2.53. The number of carbonyl (C=O) groups is 1. The van der Waals surface area contributed by atoms with Crippen LogP contribution in [0.4, 0.5) is 0 Å². The van der Waals surface area contributed by atoms with Crippen LogP contribution in [-0.2, 0) is 9.53 Å². The third-order valence-electron chi connectivity index (χ3n) is 3.64. The highest BCUT2D eigenvalue weighted by Gasteiger charge is 2.40. The van der Waals surface area contributed by atoms with E-state index in [1.807, 2.05) is 18.8 Å². The highest BCUT2D eigenvalue weighted by Crippen LogP contribution is 2.32. The first-order valence-electron chi connectivity index (χ1n) is 5.73. The number of carboxylic acid groups (broad SMARTS) is 1. The second-order valence-electron chi connectivity index (χ2n) is 4.75. The predicted molar refractivity (Wildman–Crippen MR) is 63.8 cm³/mol. The summed E-state index contributed by atoms with van der Waals surface area (Å²) in [7, 11) is 2.04. The van der Waals surface area contributed by atoms with Gasteiger partial charge in [0.1, 0.15) is 0 Å². The number of carboxylic acids is 1. The molecule has 2 aliphatic heterocycles. The zero-order valence-corrected chi connectivity index (χ0v) is 10.6. The molecule has 0 aromatic carbocycles. The van der Waals surface area contributed by atoms with Crippen LogP contribution in [0, 0.1) is 5.92 Å². The molecule has 0 radical (unpaired) electrons. The van der Waals surface area contributed by atoms with E-state index in [4.69, 9.17) is 9.84 Å². The van der Waals surface area contributed by atoms with Crippen molar-refractivity contribution in [3.05, 3.63) is 0 Å². The molecule has 92 valence electrons. The lowest BCUT2D eigenvalue weighted by molar-refractivity contribution is -0.143. The Balaban J connectivity index is 1.98. The standard InChI is InChI=1S/C11H19NO3S/c1-7-3-8(6-16-7)12(2)10-5-15-4-9(10)11(13)14/h7-10H,3-6H2,1-2H3,(H,13,14). The summed E-state index contributed by atoms with van der Waals surface area (Å²) < 4.78 is 5.31. The van der Waals surface area contributed by atoms with Crippen LogP contribution < -0.4 is 0 Å². The van der Waals surface area contributed by atoms with Crippen LogP contribution in [0.25, 0.3) is 0 Å². The molecule has 2 fully saturated rings. The van der Waals surface area contributed by atoms with Crippen molar-refractivity contribution in [2.24, 2.45) is 5.92 Å². The summed E-state index contributed by atoms with van der Waals surface area (Å²) >= 11 is 1.97. The molecule has 2 saturated heterocycles. The molecule has 4 nitrogen and oxygen atoms in total. The second-order valence-corrected chi connectivity index (χ2v) is 6.22. The van der Waals surface area contributed by atoms with Crippen molar-refractivity contribution in [2.75, 3.05) is 26.0 Å². The quantitative estimate of drug-likeness (QED) is 0.801. The lowest BCUT2D eigenvalue weighted by atomic mass is 10.0. The minimum absolute atomic E-state index is 0.0494. The fraction of sp³-hybridized carbons (Fsp3) is 0.909. The van der Waals surface area contributed by atoms with Crippen molar-refractivity contribution in [1.82, 2.24) is 4.90 Å². The Bertz CT molecular complexity index is 274. The third kappa shape index (κ3) is 2.36. The van der Waals surface area contributed by atoms with Gasteiger partial charge in [-0.25, -0.2) is 0 Å². The molecule has 2 aliphatic rings. The molecule has 2 heterocycles. The Morgan fingerprint density at radius 2 is 2.25 bits per heavy atom. The molecule has 16 heavy (non-hydrogen) atoms. The molecular formula is C11H19NO3S. The van der Waals surface area contributed by atoms with Crippen LogP contribution in [0.2, 0.25) is 0 Å². The van der Waals surface area contributed by atoms with Crippen molar-refractivity contribution >= 4 is 17.7 Å². The largest absolute Gasteiger partial charge is 0.481 e. The smallest absolute Gasteiger partial charge is 0.310 e. The van der Waals surface area contributed by atoms with E-state index in [1.54, 1.807) is 0 Å². The van der Waals surface area contributed by atoms with Gasteiger partial charge in [-0.05, 0) is 13.5 Å². The van der Waals surface area contributed by atoms with Gasteiger partial charge in [-0.2, -0.15) is 11.8 Å². The van der Waals surface area contributed by atoms with E-state index in [-0.39, 0.29) is 12.0 Å². The molecule has 0 amide bonds. The van der Waals surface area contributed by atoms with E-state index in [0.717, 1.165) is 12.2 Å². The van der Waals surface area contributed by atoms with Crippen molar-refractivity contribution < 1.29 is 14.6 Å². The molecule has 0 spiro atoms. The second kappa shape index (κ2) is 4.94. The zero-order chi connectivity index (χ0) is 11.7. The Morgan fingerprint density at radius 1 is 1.50 bits per heavy atom. The van der Waals surface area contributed by atoms with E-state index in [9.17, 15) is 4.79 Å². The van der Waals surface area contributed by atoms with Gasteiger partial charge in [-0.3, -0.25) is 9.69 Å². The van der Waals surface area contributed by atoms with E-state index >= 15 is 0 Å². The number of nitrogens with zero attached hydrogens (tertiary/aromatic N) is 1. The predicted octanol–water partition coefficient (Wildman–Crippen LogP) is 0.912. The van der Waals surface area contributed by atoms with Gasteiger partial charge in [0.15, 0.2) is 0 Å². The monoisotopic (exact) mass is 245 g/mol. The third-order valence-corrected chi connectivity index (χ3v) is 4.98. The highest BCUT2D eigenvalue weighted by atomic mass is 32.2. The lowest BCUT2D eigenvalue weighted by Gasteiger charge is -2.31. The Kier molecular flexibility index (Phi) is 3.77. The van der Waals surface area contributed by atoms with Crippen molar-refractivity contribution in [3.8, 4) is 0 Å². The van der Waals surface area contributed by atoms with Gasteiger partial charge in [0.2, 0.25) is 0 Å². The average Bonchev–Trinajstić information content (AvgIpc) is 2.84. The van der Waals surface area contributed by atoms with Crippen LogP contribution in [0.15, 0.2) is 0 Å². The molecule has 1 N–H and O–H groups in total. The minimum Gasteiger partial charge on any atom is -0.481 e. The van der Waals surface area contributed by atoms with Crippen molar-refractivity contribution in [1.29, 1.82) is 0 Å². The summed E-state index contributed by atoms with van der Waals surface area (Å²) in [5.41, 5.74) is 0. The van der Waals surface area contributed by atoms with Crippen LogP contribution in [-0.4, -0.2) is 59.3 Å². The molecule has 4 unspecified atom stereocenters. The molecule has 4 atom stereocenters. The summed E-state index contributed by atoms with van der Waals surface area (Å²) in [5, 5.41) is 9.81. The average molecular weight is 245 g/mol. The van der Waals surface area contributed by atoms with Gasteiger partial charge < -0.3 is 9.84 Å². The van der Waals surface area contributed by atoms with Gasteiger partial charge in [0.05, 0.1) is 19.1 Å². The SMILES string of the molecule is CC1CC(N(C)C2COCC2C(=O)O)CS1. The van der Waals surface area contributed by atoms with Crippen LogP contribution in [0.5, 0.6) is 0 Å². The first-order valence-corrected chi connectivity index (χ1v) is 6.78. The Hall–Kier alpha value is -0.260. The van der Waals surface area contributed by atoms with E-state index in [0.29, 0.717) is 24.5 Å². The van der Waals surface area contributed by atoms with Gasteiger partial charge in [0, 0.05) is 23.1 Å². The topological polar surface area (TPSA) is 49.8 Å².